The van der Waals surface area contributed by atoms with Crippen molar-refractivity contribution in [3.05, 3.63) is 10.6 Å². The Kier molecular flexibility index (Phi) is 3.99. The Morgan fingerprint density at radius 1 is 1.45 bits per heavy atom. The van der Waals surface area contributed by atoms with E-state index in [1.807, 2.05) is 0 Å². The molecular weight excluding hydrogens is 280 g/mol. The van der Waals surface area contributed by atoms with Crippen LogP contribution in [0.3, 0.4) is 0 Å². The second kappa shape index (κ2) is 5.40. The molecule has 1 aliphatic rings. The molecule has 0 aromatic carbocycles. The Morgan fingerprint density at radius 3 is 2.75 bits per heavy atom. The molecule has 1 heterocycles. The molecule has 0 spiro atoms. The van der Waals surface area contributed by atoms with Crippen molar-refractivity contribution in [3.8, 4) is 0 Å². The first-order valence-corrected chi connectivity index (χ1v) is 7.27. The zero-order chi connectivity index (χ0) is 14.9. The third-order valence-corrected chi connectivity index (χ3v) is 3.97. The highest BCUT2D eigenvalue weighted by Gasteiger charge is 2.27. The lowest BCUT2D eigenvalue weighted by Gasteiger charge is -2.18. The van der Waals surface area contributed by atoms with Crippen LogP contribution in [0.15, 0.2) is 0 Å². The number of aliphatic carboxylic acids is 1. The van der Waals surface area contributed by atoms with Gasteiger partial charge in [0, 0.05) is 11.3 Å². The molecule has 1 atom stereocenters. The van der Waals surface area contributed by atoms with Crippen molar-refractivity contribution in [2.45, 2.75) is 45.6 Å². The SMILES string of the molecule is CC(C)(C)OC(=O)Nc1nc2c(s1)CCC(C(=O)O)C2. The molecule has 1 amide bonds. The highest BCUT2D eigenvalue weighted by Crippen LogP contribution is 2.32. The number of aromatic nitrogens is 1. The van der Waals surface area contributed by atoms with Gasteiger partial charge in [0.1, 0.15) is 5.60 Å². The number of aryl methyl sites for hydroxylation is 1. The summed E-state index contributed by atoms with van der Waals surface area (Å²) in [6.07, 6.45) is 1.20. The van der Waals surface area contributed by atoms with E-state index in [1.165, 1.54) is 11.3 Å². The van der Waals surface area contributed by atoms with Gasteiger partial charge in [0.2, 0.25) is 0 Å². The number of carboxylic acids is 1. The quantitative estimate of drug-likeness (QED) is 0.876. The number of thiazole rings is 1. The van der Waals surface area contributed by atoms with Crippen molar-refractivity contribution in [3.63, 3.8) is 0 Å². The van der Waals surface area contributed by atoms with E-state index in [1.54, 1.807) is 20.8 Å². The van der Waals surface area contributed by atoms with Gasteiger partial charge in [-0.15, -0.1) is 11.3 Å². The summed E-state index contributed by atoms with van der Waals surface area (Å²) in [5.41, 5.74) is 0.217. The van der Waals surface area contributed by atoms with E-state index in [9.17, 15) is 9.59 Å². The van der Waals surface area contributed by atoms with E-state index in [4.69, 9.17) is 9.84 Å². The lowest BCUT2D eigenvalue weighted by Crippen LogP contribution is -2.27. The number of hydrogen-bond donors (Lipinski definition) is 2. The average molecular weight is 298 g/mol. The van der Waals surface area contributed by atoms with Crippen LogP contribution in [-0.2, 0) is 22.4 Å². The molecule has 7 heteroatoms. The fraction of sp³-hybridized carbons (Fsp3) is 0.615. The Bertz CT molecular complexity index is 533. The number of carbonyl (C=O) groups is 2. The van der Waals surface area contributed by atoms with E-state index >= 15 is 0 Å². The lowest BCUT2D eigenvalue weighted by molar-refractivity contribution is -0.142. The van der Waals surface area contributed by atoms with Crippen molar-refractivity contribution < 1.29 is 19.4 Å². The van der Waals surface area contributed by atoms with Crippen LogP contribution in [0, 0.1) is 5.92 Å². The van der Waals surface area contributed by atoms with Crippen LogP contribution in [0.5, 0.6) is 0 Å². The average Bonchev–Trinajstić information content (AvgIpc) is 2.66. The molecule has 0 saturated carbocycles. The Hall–Kier alpha value is -1.63. The van der Waals surface area contributed by atoms with E-state index in [2.05, 4.69) is 10.3 Å². The molecule has 6 nitrogen and oxygen atoms in total. The van der Waals surface area contributed by atoms with Gasteiger partial charge in [0.05, 0.1) is 11.6 Å². The molecule has 0 saturated heterocycles. The van der Waals surface area contributed by atoms with Crippen LogP contribution >= 0.6 is 11.3 Å². The molecule has 1 aromatic heterocycles. The second-order valence-electron chi connectivity index (χ2n) is 5.79. The van der Waals surface area contributed by atoms with Crippen molar-refractivity contribution in [1.29, 1.82) is 0 Å². The van der Waals surface area contributed by atoms with Crippen LogP contribution in [0.4, 0.5) is 9.93 Å². The fourth-order valence-electron chi connectivity index (χ4n) is 2.03. The van der Waals surface area contributed by atoms with Gasteiger partial charge in [-0.3, -0.25) is 10.1 Å². The van der Waals surface area contributed by atoms with Gasteiger partial charge in [-0.2, -0.15) is 0 Å². The summed E-state index contributed by atoms with van der Waals surface area (Å²) in [6, 6.07) is 0. The predicted octanol–water partition coefficient (Wildman–Crippen LogP) is 2.68. The number of rotatable bonds is 2. The first kappa shape index (κ1) is 14.8. The van der Waals surface area contributed by atoms with Gasteiger partial charge in [0.25, 0.3) is 0 Å². The molecule has 1 aromatic rings. The second-order valence-corrected chi connectivity index (χ2v) is 6.88. The molecule has 110 valence electrons. The van der Waals surface area contributed by atoms with Gasteiger partial charge in [0.15, 0.2) is 5.13 Å². The van der Waals surface area contributed by atoms with Crippen molar-refractivity contribution in [1.82, 2.24) is 4.98 Å². The van der Waals surface area contributed by atoms with Crippen molar-refractivity contribution in [2.24, 2.45) is 5.92 Å². The highest BCUT2D eigenvalue weighted by atomic mass is 32.1. The molecule has 1 unspecified atom stereocenters. The van der Waals surface area contributed by atoms with E-state index in [0.717, 1.165) is 10.6 Å². The summed E-state index contributed by atoms with van der Waals surface area (Å²) in [6.45, 7) is 5.37. The Morgan fingerprint density at radius 2 is 2.15 bits per heavy atom. The first-order chi connectivity index (χ1) is 9.24. The smallest absolute Gasteiger partial charge is 0.413 e. The summed E-state index contributed by atoms with van der Waals surface area (Å²) in [7, 11) is 0. The van der Waals surface area contributed by atoms with Gasteiger partial charge < -0.3 is 9.84 Å². The van der Waals surface area contributed by atoms with E-state index in [-0.39, 0.29) is 5.92 Å². The number of amides is 1. The highest BCUT2D eigenvalue weighted by molar-refractivity contribution is 7.15. The van der Waals surface area contributed by atoms with Crippen LogP contribution in [0.2, 0.25) is 0 Å². The van der Waals surface area contributed by atoms with Gasteiger partial charge in [-0.05, 0) is 33.6 Å². The summed E-state index contributed by atoms with van der Waals surface area (Å²) in [4.78, 5) is 28.0. The number of nitrogens with one attached hydrogen (secondary N) is 1. The summed E-state index contributed by atoms with van der Waals surface area (Å²) in [5.74, 6) is -1.16. The lowest BCUT2D eigenvalue weighted by atomic mass is 9.91. The number of anilines is 1. The summed E-state index contributed by atoms with van der Waals surface area (Å²) in [5, 5.41) is 12.1. The molecule has 0 fully saturated rings. The number of fused-ring (bicyclic) bond motifs is 1. The largest absolute Gasteiger partial charge is 0.481 e. The minimum Gasteiger partial charge on any atom is -0.481 e. The molecule has 0 bridgehead atoms. The minimum absolute atomic E-state index is 0.376. The summed E-state index contributed by atoms with van der Waals surface area (Å²) < 4.78 is 5.16. The third-order valence-electron chi connectivity index (χ3n) is 2.89. The van der Waals surface area contributed by atoms with Crippen LogP contribution in [0.1, 0.15) is 37.8 Å². The molecule has 0 aliphatic heterocycles. The number of nitrogens with zero attached hydrogens (tertiary/aromatic N) is 1. The monoisotopic (exact) mass is 298 g/mol. The Balaban J connectivity index is 2.03. The maximum absolute atomic E-state index is 11.7. The van der Waals surface area contributed by atoms with E-state index in [0.29, 0.717) is 24.4 Å². The van der Waals surface area contributed by atoms with E-state index < -0.39 is 17.7 Å². The van der Waals surface area contributed by atoms with Gasteiger partial charge in [-0.1, -0.05) is 0 Å². The molecule has 2 rings (SSSR count). The molecular formula is C13H18N2O4S. The minimum atomic E-state index is -0.787. The maximum Gasteiger partial charge on any atom is 0.413 e. The number of hydrogen-bond acceptors (Lipinski definition) is 5. The van der Waals surface area contributed by atoms with Crippen molar-refractivity contribution in [2.75, 3.05) is 5.32 Å². The number of ether oxygens (including phenoxy) is 1. The standard InChI is InChI=1S/C13H18N2O4S/c1-13(2,3)19-12(18)15-11-14-8-6-7(10(16)17)4-5-9(8)20-11/h7H,4-6H2,1-3H3,(H,16,17)(H,14,15,18). The van der Waals surface area contributed by atoms with Crippen molar-refractivity contribution >= 4 is 28.5 Å². The third kappa shape index (κ3) is 3.69. The number of carbonyl (C=O) groups excluding carboxylic acids is 1. The fourth-order valence-corrected chi connectivity index (χ4v) is 3.02. The number of carboxylic acid groups (broad SMARTS) is 1. The Labute approximate surface area is 121 Å². The zero-order valence-electron chi connectivity index (χ0n) is 11.7. The van der Waals surface area contributed by atoms with Crippen LogP contribution < -0.4 is 5.32 Å². The van der Waals surface area contributed by atoms with Gasteiger partial charge in [-0.25, -0.2) is 9.78 Å². The van der Waals surface area contributed by atoms with Crippen LogP contribution in [0.25, 0.3) is 0 Å². The predicted molar refractivity (Wildman–Crippen MR) is 75.1 cm³/mol. The topological polar surface area (TPSA) is 88.5 Å². The van der Waals surface area contributed by atoms with Crippen LogP contribution in [-0.4, -0.2) is 27.8 Å². The van der Waals surface area contributed by atoms with Gasteiger partial charge >= 0.3 is 12.1 Å². The molecule has 0 radical (unpaired) electrons. The zero-order valence-corrected chi connectivity index (χ0v) is 12.5. The normalized spacial score (nSPS) is 18.2. The molecule has 20 heavy (non-hydrogen) atoms. The maximum atomic E-state index is 11.7. The molecule has 2 N–H and O–H groups in total. The molecule has 1 aliphatic carbocycles. The summed E-state index contributed by atoms with van der Waals surface area (Å²) >= 11 is 1.39. The first-order valence-electron chi connectivity index (χ1n) is 6.46.